The molecule has 0 fully saturated rings. The number of para-hydroxylation sites is 3. The summed E-state index contributed by atoms with van der Waals surface area (Å²) in [4.78, 5) is 13.5. The smallest absolute Gasteiger partial charge is 0.247 e. The maximum Gasteiger partial charge on any atom is 0.247 e. The van der Waals surface area contributed by atoms with Gasteiger partial charge in [0.15, 0.2) is 0 Å². The molecule has 0 aliphatic rings. The van der Waals surface area contributed by atoms with Crippen molar-refractivity contribution >= 4 is 56.3 Å². The number of anilines is 6. The molecule has 0 spiro atoms. The van der Waals surface area contributed by atoms with Crippen LogP contribution in [0, 0.1) is 0 Å². The molecule has 0 N–H and O–H groups in total. The highest BCUT2D eigenvalue weighted by Gasteiger charge is 2.16. The van der Waals surface area contributed by atoms with Crippen molar-refractivity contribution in [3.63, 3.8) is 0 Å². The summed E-state index contributed by atoms with van der Waals surface area (Å²) in [5.41, 5.74) is 12.7. The largest absolute Gasteiger partial charge is 0.456 e. The molecular formula is C50H34N4O2. The van der Waals surface area contributed by atoms with E-state index in [0.717, 1.165) is 78.6 Å². The van der Waals surface area contributed by atoms with Crippen molar-refractivity contribution in [2.45, 2.75) is 0 Å². The van der Waals surface area contributed by atoms with E-state index >= 15 is 0 Å². The van der Waals surface area contributed by atoms with Crippen LogP contribution in [0.15, 0.2) is 215 Å². The van der Waals surface area contributed by atoms with Crippen LogP contribution in [0.4, 0.5) is 34.1 Å². The molecule has 0 radical (unpaired) electrons. The molecule has 0 saturated heterocycles. The number of hydrogen-bond donors (Lipinski definition) is 0. The number of aromatic nitrogens is 2. The molecular weight excluding hydrogens is 689 g/mol. The van der Waals surface area contributed by atoms with E-state index in [2.05, 4.69) is 165 Å². The molecule has 0 unspecified atom stereocenters. The fourth-order valence-corrected chi connectivity index (χ4v) is 7.20. The van der Waals surface area contributed by atoms with Crippen LogP contribution in [0.2, 0.25) is 0 Å². The van der Waals surface area contributed by atoms with E-state index < -0.39 is 0 Å². The van der Waals surface area contributed by atoms with E-state index in [-0.39, 0.29) is 0 Å². The van der Waals surface area contributed by atoms with Crippen LogP contribution in [0.5, 0.6) is 0 Å². The van der Waals surface area contributed by atoms with Crippen molar-refractivity contribution in [3.8, 4) is 33.9 Å². The molecule has 0 bridgehead atoms. The molecule has 0 saturated carbocycles. The van der Waals surface area contributed by atoms with Crippen LogP contribution in [0.3, 0.4) is 0 Å². The molecule has 6 heteroatoms. The number of hydrogen-bond acceptors (Lipinski definition) is 6. The second kappa shape index (κ2) is 14.3. The summed E-state index contributed by atoms with van der Waals surface area (Å²) in [6, 6.07) is 69.2. The van der Waals surface area contributed by atoms with E-state index in [9.17, 15) is 0 Å². The van der Waals surface area contributed by atoms with Crippen molar-refractivity contribution in [3.05, 3.63) is 206 Å². The average molecular weight is 723 g/mol. The lowest BCUT2D eigenvalue weighted by Gasteiger charge is -2.26. The van der Waals surface area contributed by atoms with E-state index in [0.29, 0.717) is 11.6 Å². The maximum absolute atomic E-state index is 6.15. The number of nitrogens with zero attached hydrogens (tertiary/aromatic N) is 4. The lowest BCUT2D eigenvalue weighted by Crippen LogP contribution is -2.10. The summed E-state index contributed by atoms with van der Waals surface area (Å²) in [6.45, 7) is 0. The summed E-state index contributed by atoms with van der Waals surface area (Å²) in [5, 5.41) is 1.10. The third-order valence-corrected chi connectivity index (χ3v) is 9.99. The van der Waals surface area contributed by atoms with Crippen LogP contribution >= 0.6 is 0 Å². The van der Waals surface area contributed by atoms with Gasteiger partial charge in [0.1, 0.15) is 16.9 Å². The third kappa shape index (κ3) is 6.35. The Kier molecular flexibility index (Phi) is 8.39. The highest BCUT2D eigenvalue weighted by molar-refractivity contribution is 5.85. The Morgan fingerprint density at radius 1 is 0.375 bits per heavy atom. The van der Waals surface area contributed by atoms with Gasteiger partial charge in [0.25, 0.3) is 0 Å². The first-order chi connectivity index (χ1) is 27.7. The number of oxazole rings is 1. The quantitative estimate of drug-likeness (QED) is 0.148. The number of fused-ring (bicyclic) bond motifs is 2. The lowest BCUT2D eigenvalue weighted by atomic mass is 10.0. The van der Waals surface area contributed by atoms with Gasteiger partial charge in [-0.1, -0.05) is 78.9 Å². The SMILES string of the molecule is c1ccc(N(c2ccc(-c3ccc(N(c4ccccc4)c4ccc(-c5nc6cccnc6o5)cc4)cc3)cc2)c2ccc(-c3cc4ccccc4o3)cc2)cc1. The highest BCUT2D eigenvalue weighted by atomic mass is 16.4. The molecule has 0 aliphatic heterocycles. The average Bonchev–Trinajstić information content (AvgIpc) is 3.91. The number of furan rings is 1. The highest BCUT2D eigenvalue weighted by Crippen LogP contribution is 2.39. The minimum Gasteiger partial charge on any atom is -0.456 e. The third-order valence-electron chi connectivity index (χ3n) is 9.99. The second-order valence-electron chi connectivity index (χ2n) is 13.5. The zero-order valence-corrected chi connectivity index (χ0v) is 30.2. The Bertz CT molecular complexity index is 2620. The summed E-state index contributed by atoms with van der Waals surface area (Å²) in [7, 11) is 0. The monoisotopic (exact) mass is 722 g/mol. The number of benzene rings is 7. The summed E-state index contributed by atoms with van der Waals surface area (Å²) in [6.07, 6.45) is 1.71. The summed E-state index contributed by atoms with van der Waals surface area (Å²) >= 11 is 0. The Balaban J connectivity index is 0.925. The molecule has 266 valence electrons. The van der Waals surface area contributed by atoms with Gasteiger partial charge in [-0.15, -0.1) is 0 Å². The van der Waals surface area contributed by atoms with Gasteiger partial charge in [-0.05, 0) is 132 Å². The van der Waals surface area contributed by atoms with Crippen LogP contribution in [-0.4, -0.2) is 9.97 Å². The summed E-state index contributed by atoms with van der Waals surface area (Å²) < 4.78 is 12.1. The predicted molar refractivity (Wildman–Crippen MR) is 227 cm³/mol. The fraction of sp³-hybridized carbons (Fsp3) is 0. The van der Waals surface area contributed by atoms with Crippen molar-refractivity contribution in [2.75, 3.05) is 9.80 Å². The molecule has 0 aliphatic carbocycles. The van der Waals surface area contributed by atoms with Crippen LogP contribution < -0.4 is 9.80 Å². The Hall–Kier alpha value is -7.70. The summed E-state index contributed by atoms with van der Waals surface area (Å²) in [5.74, 6) is 1.41. The van der Waals surface area contributed by atoms with E-state index in [1.807, 2.05) is 54.6 Å². The van der Waals surface area contributed by atoms with Crippen molar-refractivity contribution in [1.29, 1.82) is 0 Å². The topological polar surface area (TPSA) is 58.5 Å². The molecule has 6 nitrogen and oxygen atoms in total. The zero-order valence-electron chi connectivity index (χ0n) is 30.2. The zero-order chi connectivity index (χ0) is 37.3. The first-order valence-electron chi connectivity index (χ1n) is 18.6. The molecule has 3 aromatic heterocycles. The lowest BCUT2D eigenvalue weighted by molar-refractivity contribution is 0.608. The predicted octanol–water partition coefficient (Wildman–Crippen LogP) is 13.9. The van der Waals surface area contributed by atoms with E-state index in [1.54, 1.807) is 6.20 Å². The first-order valence-corrected chi connectivity index (χ1v) is 18.6. The van der Waals surface area contributed by atoms with Crippen molar-refractivity contribution in [2.24, 2.45) is 0 Å². The van der Waals surface area contributed by atoms with Gasteiger partial charge in [0, 0.05) is 56.8 Å². The molecule has 0 amide bonds. The van der Waals surface area contributed by atoms with Crippen LogP contribution in [-0.2, 0) is 0 Å². The normalized spacial score (nSPS) is 11.2. The Morgan fingerprint density at radius 3 is 1.36 bits per heavy atom. The Labute approximate surface area is 324 Å². The van der Waals surface area contributed by atoms with Gasteiger partial charge in [-0.25, -0.2) is 9.97 Å². The van der Waals surface area contributed by atoms with Gasteiger partial charge in [-0.2, -0.15) is 0 Å². The van der Waals surface area contributed by atoms with E-state index in [1.165, 1.54) is 0 Å². The molecule has 10 rings (SSSR count). The maximum atomic E-state index is 6.15. The fourth-order valence-electron chi connectivity index (χ4n) is 7.20. The van der Waals surface area contributed by atoms with Crippen molar-refractivity contribution in [1.82, 2.24) is 9.97 Å². The van der Waals surface area contributed by atoms with Gasteiger partial charge < -0.3 is 18.6 Å². The molecule has 0 atom stereocenters. The Morgan fingerprint density at radius 2 is 0.839 bits per heavy atom. The minimum atomic E-state index is 0.533. The van der Waals surface area contributed by atoms with Crippen LogP contribution in [0.1, 0.15) is 0 Å². The molecule has 56 heavy (non-hydrogen) atoms. The standard InChI is InChI=1S/C50H34N4O2/c1-3-11-40(12-4-1)53(44-29-21-37(22-30-44)48-34-39-10-7-8-16-47(39)55-48)42-25-17-35(18-26-42)36-19-27-43(28-20-36)54(41-13-5-2-6-14-41)45-31-23-38(24-32-45)49-52-46-15-9-33-51-50(46)56-49/h1-34H. The van der Waals surface area contributed by atoms with Crippen molar-refractivity contribution < 1.29 is 8.83 Å². The van der Waals surface area contributed by atoms with Gasteiger partial charge in [-0.3, -0.25) is 0 Å². The molecule has 10 aromatic rings. The number of pyridine rings is 1. The van der Waals surface area contributed by atoms with Gasteiger partial charge in [0.2, 0.25) is 11.6 Å². The van der Waals surface area contributed by atoms with Crippen LogP contribution in [0.25, 0.3) is 56.1 Å². The minimum absolute atomic E-state index is 0.533. The second-order valence-corrected chi connectivity index (χ2v) is 13.5. The molecule has 3 heterocycles. The first kappa shape index (κ1) is 32.9. The molecule has 7 aromatic carbocycles. The number of rotatable bonds is 9. The van der Waals surface area contributed by atoms with E-state index in [4.69, 9.17) is 8.83 Å². The van der Waals surface area contributed by atoms with Gasteiger partial charge >= 0.3 is 0 Å². The van der Waals surface area contributed by atoms with Gasteiger partial charge in [0.05, 0.1) is 0 Å².